The van der Waals surface area contributed by atoms with Crippen LogP contribution in [0.4, 0.5) is 17.1 Å². The van der Waals surface area contributed by atoms with E-state index in [1.165, 1.54) is 0 Å². The molecule has 0 aliphatic rings. The Balaban J connectivity index is 2.36. The topological polar surface area (TPSA) is 47.3 Å². The molecule has 3 N–H and O–H groups in total. The number of nitrogens with two attached hydrogens (primary N) is 1. The number of methoxy groups -OCH3 is 1. The van der Waals surface area contributed by atoms with E-state index in [9.17, 15) is 0 Å². The van der Waals surface area contributed by atoms with Gasteiger partial charge >= 0.3 is 0 Å². The summed E-state index contributed by atoms with van der Waals surface area (Å²) in [5.74, 6) is 0.744. The smallest absolute Gasteiger partial charge is 0.121 e. The molecule has 2 aromatic carbocycles. The van der Waals surface area contributed by atoms with E-state index in [1.54, 1.807) is 13.2 Å². The highest BCUT2D eigenvalue weighted by Gasteiger charge is 2.06. The van der Waals surface area contributed by atoms with Gasteiger partial charge in [-0.3, -0.25) is 0 Å². The predicted molar refractivity (Wildman–Crippen MR) is 76.9 cm³/mol. The van der Waals surface area contributed by atoms with Crippen LogP contribution in [0.25, 0.3) is 0 Å². The molecule has 0 unspecified atom stereocenters. The number of halogens is 1. The molecule has 0 spiro atoms. The van der Waals surface area contributed by atoms with Crippen molar-refractivity contribution < 1.29 is 4.74 Å². The second-order valence-corrected chi connectivity index (χ2v) is 4.41. The lowest BCUT2D eigenvalue weighted by Gasteiger charge is -2.13. The molecule has 0 amide bonds. The fraction of sp³-hybridized carbons (Fsp3) is 0.143. The number of anilines is 3. The molecule has 0 fully saturated rings. The molecule has 0 aromatic heterocycles. The molecule has 3 nitrogen and oxygen atoms in total. The quantitative estimate of drug-likeness (QED) is 0.823. The van der Waals surface area contributed by atoms with Gasteiger partial charge in [-0.15, -0.1) is 0 Å². The largest absolute Gasteiger partial charge is 0.497 e. The van der Waals surface area contributed by atoms with E-state index in [-0.39, 0.29) is 0 Å². The van der Waals surface area contributed by atoms with Crippen molar-refractivity contribution in [1.29, 1.82) is 0 Å². The predicted octanol–water partition coefficient (Wildman–Crippen LogP) is 3.98. The standard InChI is InChI=1S/C14H15ClN2O/c1-9-4-3-5-12(14(9)16)17-13-8-10(18-2)6-7-11(13)15/h3-8,17H,16H2,1-2H3. The van der Waals surface area contributed by atoms with Crippen LogP contribution in [0.15, 0.2) is 36.4 Å². The van der Waals surface area contributed by atoms with Gasteiger partial charge in [-0.2, -0.15) is 0 Å². The highest BCUT2D eigenvalue weighted by Crippen LogP contribution is 2.32. The molecular weight excluding hydrogens is 248 g/mol. The van der Waals surface area contributed by atoms with E-state index in [4.69, 9.17) is 22.1 Å². The van der Waals surface area contributed by atoms with Gasteiger partial charge in [-0.25, -0.2) is 0 Å². The number of para-hydroxylation sites is 1. The zero-order chi connectivity index (χ0) is 13.1. The van der Waals surface area contributed by atoms with Crippen LogP contribution in [0, 0.1) is 6.92 Å². The number of nitrogen functional groups attached to an aromatic ring is 1. The maximum atomic E-state index is 6.14. The summed E-state index contributed by atoms with van der Waals surface area (Å²) in [4.78, 5) is 0. The Hall–Kier alpha value is -1.87. The molecule has 0 aliphatic heterocycles. The van der Waals surface area contributed by atoms with Crippen molar-refractivity contribution in [3.63, 3.8) is 0 Å². The molecule has 2 rings (SSSR count). The van der Waals surface area contributed by atoms with E-state index < -0.39 is 0 Å². The summed E-state index contributed by atoms with van der Waals surface area (Å²) in [6, 6.07) is 11.3. The Morgan fingerprint density at radius 2 is 1.94 bits per heavy atom. The molecule has 0 saturated heterocycles. The summed E-state index contributed by atoms with van der Waals surface area (Å²) in [6.07, 6.45) is 0. The summed E-state index contributed by atoms with van der Waals surface area (Å²) in [5.41, 5.74) is 9.37. The molecule has 0 saturated carbocycles. The number of ether oxygens (including phenoxy) is 1. The molecule has 0 aliphatic carbocycles. The molecule has 0 bridgehead atoms. The van der Waals surface area contributed by atoms with Crippen LogP contribution in [-0.2, 0) is 0 Å². The SMILES string of the molecule is COc1ccc(Cl)c(Nc2cccc(C)c2N)c1. The van der Waals surface area contributed by atoms with Crippen molar-refractivity contribution >= 4 is 28.7 Å². The molecule has 0 heterocycles. The van der Waals surface area contributed by atoms with Crippen molar-refractivity contribution in [3.05, 3.63) is 47.0 Å². The van der Waals surface area contributed by atoms with E-state index in [0.29, 0.717) is 5.02 Å². The molecule has 0 radical (unpaired) electrons. The van der Waals surface area contributed by atoms with Crippen molar-refractivity contribution in [3.8, 4) is 5.75 Å². The van der Waals surface area contributed by atoms with Gasteiger partial charge in [0.1, 0.15) is 5.75 Å². The summed E-state index contributed by atoms with van der Waals surface area (Å²) in [7, 11) is 1.62. The minimum Gasteiger partial charge on any atom is -0.497 e. The third kappa shape index (κ3) is 2.51. The lowest BCUT2D eigenvalue weighted by Crippen LogP contribution is -1.99. The number of rotatable bonds is 3. The Bertz CT molecular complexity index is 570. The number of aryl methyl sites for hydroxylation is 1. The van der Waals surface area contributed by atoms with Crippen molar-refractivity contribution in [2.75, 3.05) is 18.2 Å². The van der Waals surface area contributed by atoms with Crippen molar-refractivity contribution in [2.24, 2.45) is 0 Å². The van der Waals surface area contributed by atoms with Gasteiger partial charge < -0.3 is 15.8 Å². The zero-order valence-corrected chi connectivity index (χ0v) is 11.1. The molecular formula is C14H15ClN2O. The van der Waals surface area contributed by atoms with Gasteiger partial charge in [0, 0.05) is 6.07 Å². The fourth-order valence-electron chi connectivity index (χ4n) is 1.66. The second kappa shape index (κ2) is 5.19. The summed E-state index contributed by atoms with van der Waals surface area (Å²) < 4.78 is 5.17. The maximum absolute atomic E-state index is 6.14. The third-order valence-electron chi connectivity index (χ3n) is 2.77. The highest BCUT2D eigenvalue weighted by molar-refractivity contribution is 6.33. The first kappa shape index (κ1) is 12.6. The second-order valence-electron chi connectivity index (χ2n) is 4.01. The minimum atomic E-state index is 0.622. The van der Waals surface area contributed by atoms with E-state index in [0.717, 1.165) is 28.4 Å². The number of nitrogens with one attached hydrogen (secondary N) is 1. The first-order chi connectivity index (χ1) is 8.61. The van der Waals surface area contributed by atoms with E-state index in [2.05, 4.69) is 5.32 Å². The van der Waals surface area contributed by atoms with E-state index in [1.807, 2.05) is 37.3 Å². The lowest BCUT2D eigenvalue weighted by atomic mass is 10.1. The Morgan fingerprint density at radius 1 is 1.17 bits per heavy atom. The monoisotopic (exact) mass is 262 g/mol. The summed E-state index contributed by atoms with van der Waals surface area (Å²) in [6.45, 7) is 1.97. The molecule has 0 atom stereocenters. The Kier molecular flexibility index (Phi) is 3.63. The van der Waals surface area contributed by atoms with Gasteiger partial charge in [0.15, 0.2) is 0 Å². The number of hydrogen-bond acceptors (Lipinski definition) is 3. The average Bonchev–Trinajstić information content (AvgIpc) is 2.37. The first-order valence-corrected chi connectivity index (χ1v) is 5.95. The van der Waals surface area contributed by atoms with Gasteiger partial charge in [0.2, 0.25) is 0 Å². The molecule has 94 valence electrons. The Labute approximate surface area is 112 Å². The fourth-order valence-corrected chi connectivity index (χ4v) is 1.83. The van der Waals surface area contributed by atoms with E-state index >= 15 is 0 Å². The molecule has 2 aromatic rings. The van der Waals surface area contributed by atoms with Crippen LogP contribution < -0.4 is 15.8 Å². The average molecular weight is 263 g/mol. The number of benzene rings is 2. The first-order valence-electron chi connectivity index (χ1n) is 5.57. The van der Waals surface area contributed by atoms with Crippen molar-refractivity contribution in [2.45, 2.75) is 6.92 Å². The van der Waals surface area contributed by atoms with Crippen LogP contribution >= 0.6 is 11.6 Å². The number of hydrogen-bond donors (Lipinski definition) is 2. The summed E-state index contributed by atoms with van der Waals surface area (Å²) >= 11 is 6.14. The molecule has 18 heavy (non-hydrogen) atoms. The zero-order valence-electron chi connectivity index (χ0n) is 10.3. The van der Waals surface area contributed by atoms with Crippen molar-refractivity contribution in [1.82, 2.24) is 0 Å². The van der Waals surface area contributed by atoms with Crippen LogP contribution in [0.3, 0.4) is 0 Å². The van der Waals surface area contributed by atoms with Crippen LogP contribution in [-0.4, -0.2) is 7.11 Å². The van der Waals surface area contributed by atoms with Crippen LogP contribution in [0.2, 0.25) is 5.02 Å². The third-order valence-corrected chi connectivity index (χ3v) is 3.10. The normalized spacial score (nSPS) is 10.2. The van der Waals surface area contributed by atoms with Crippen LogP contribution in [0.5, 0.6) is 5.75 Å². The van der Waals surface area contributed by atoms with Gasteiger partial charge in [0.25, 0.3) is 0 Å². The summed E-state index contributed by atoms with van der Waals surface area (Å²) in [5, 5.41) is 3.84. The van der Waals surface area contributed by atoms with Gasteiger partial charge in [-0.1, -0.05) is 23.7 Å². The lowest BCUT2D eigenvalue weighted by molar-refractivity contribution is 0.415. The minimum absolute atomic E-state index is 0.622. The Morgan fingerprint density at radius 3 is 2.67 bits per heavy atom. The van der Waals surface area contributed by atoms with Gasteiger partial charge in [0.05, 0.1) is 29.2 Å². The van der Waals surface area contributed by atoms with Crippen LogP contribution in [0.1, 0.15) is 5.56 Å². The molecule has 4 heteroatoms. The maximum Gasteiger partial charge on any atom is 0.121 e. The highest BCUT2D eigenvalue weighted by atomic mass is 35.5. The van der Waals surface area contributed by atoms with Gasteiger partial charge in [-0.05, 0) is 30.7 Å².